The van der Waals surface area contributed by atoms with Gasteiger partial charge in [0.25, 0.3) is 5.56 Å². The molecular weight excluding hydrogens is 330 g/mol. The lowest BCUT2D eigenvalue weighted by atomic mass is 10.1. The van der Waals surface area contributed by atoms with E-state index in [1.807, 2.05) is 12.1 Å². The molecule has 0 N–H and O–H groups in total. The molecule has 0 bridgehead atoms. The molecule has 7 nitrogen and oxygen atoms in total. The van der Waals surface area contributed by atoms with E-state index in [9.17, 15) is 9.59 Å². The average molecular weight is 351 g/mol. The zero-order valence-corrected chi connectivity index (χ0v) is 14.8. The SMILES string of the molecule is CCc1ccc(-c2cc3c(=O)n(CC(=O)N4CCCC4)ncn3n2)cc1. The molecule has 3 aromatic rings. The van der Waals surface area contributed by atoms with Crippen LogP contribution in [0.1, 0.15) is 25.3 Å². The van der Waals surface area contributed by atoms with Crippen LogP contribution in [0.25, 0.3) is 16.8 Å². The predicted molar refractivity (Wildman–Crippen MR) is 97.9 cm³/mol. The van der Waals surface area contributed by atoms with E-state index >= 15 is 0 Å². The van der Waals surface area contributed by atoms with Gasteiger partial charge in [0.2, 0.25) is 5.91 Å². The monoisotopic (exact) mass is 351 g/mol. The third-order valence-corrected chi connectivity index (χ3v) is 4.89. The van der Waals surface area contributed by atoms with Gasteiger partial charge in [-0.05, 0) is 30.9 Å². The van der Waals surface area contributed by atoms with Crippen LogP contribution in [-0.4, -0.2) is 43.3 Å². The molecule has 1 saturated heterocycles. The molecule has 1 aliphatic rings. The minimum Gasteiger partial charge on any atom is -0.341 e. The number of aryl methyl sites for hydroxylation is 1. The third-order valence-electron chi connectivity index (χ3n) is 4.89. The number of carbonyl (C=O) groups excluding carboxylic acids is 1. The molecule has 0 unspecified atom stereocenters. The Bertz CT molecular complexity index is 997. The lowest BCUT2D eigenvalue weighted by Gasteiger charge is -2.15. The molecule has 1 aliphatic heterocycles. The molecular formula is C19H21N5O2. The summed E-state index contributed by atoms with van der Waals surface area (Å²) in [4.78, 5) is 26.8. The first kappa shape index (κ1) is 16.5. The van der Waals surface area contributed by atoms with E-state index in [-0.39, 0.29) is 18.0 Å². The van der Waals surface area contributed by atoms with E-state index < -0.39 is 0 Å². The summed E-state index contributed by atoms with van der Waals surface area (Å²) in [6.07, 6.45) is 4.51. The van der Waals surface area contributed by atoms with Crippen molar-refractivity contribution < 1.29 is 4.79 Å². The smallest absolute Gasteiger partial charge is 0.293 e. The molecule has 134 valence electrons. The Hall–Kier alpha value is -2.96. The summed E-state index contributed by atoms with van der Waals surface area (Å²) in [5.41, 5.74) is 3.04. The highest BCUT2D eigenvalue weighted by Gasteiger charge is 2.19. The van der Waals surface area contributed by atoms with E-state index in [2.05, 4.69) is 29.3 Å². The van der Waals surface area contributed by atoms with Crippen molar-refractivity contribution in [2.24, 2.45) is 0 Å². The van der Waals surface area contributed by atoms with Gasteiger partial charge in [-0.15, -0.1) is 0 Å². The Morgan fingerprint density at radius 2 is 1.88 bits per heavy atom. The standard InChI is InChI=1S/C19H21N5O2/c1-2-14-5-7-15(8-6-14)16-11-17-19(26)23(20-13-24(17)21-16)12-18(25)22-9-3-4-10-22/h5-8,11,13H,2-4,9-10,12H2,1H3. The molecule has 1 aromatic carbocycles. The Kier molecular flexibility index (Phi) is 4.28. The van der Waals surface area contributed by atoms with Crippen LogP contribution in [0.2, 0.25) is 0 Å². The Morgan fingerprint density at radius 3 is 2.58 bits per heavy atom. The molecule has 1 amide bonds. The molecule has 26 heavy (non-hydrogen) atoms. The normalized spacial score (nSPS) is 14.3. The quantitative estimate of drug-likeness (QED) is 0.718. The number of benzene rings is 1. The lowest BCUT2D eigenvalue weighted by molar-refractivity contribution is -0.131. The summed E-state index contributed by atoms with van der Waals surface area (Å²) in [5, 5.41) is 8.55. The van der Waals surface area contributed by atoms with Gasteiger partial charge < -0.3 is 4.90 Å². The predicted octanol–water partition coefficient (Wildman–Crippen LogP) is 1.74. The molecule has 0 radical (unpaired) electrons. The van der Waals surface area contributed by atoms with Crippen molar-refractivity contribution in [3.05, 3.63) is 52.6 Å². The second-order valence-electron chi connectivity index (χ2n) is 6.59. The van der Waals surface area contributed by atoms with Gasteiger partial charge in [-0.3, -0.25) is 9.59 Å². The Balaban J connectivity index is 1.64. The van der Waals surface area contributed by atoms with Crippen molar-refractivity contribution in [3.63, 3.8) is 0 Å². The van der Waals surface area contributed by atoms with Crippen LogP contribution in [0.4, 0.5) is 0 Å². The van der Waals surface area contributed by atoms with Gasteiger partial charge in [-0.2, -0.15) is 10.2 Å². The van der Waals surface area contributed by atoms with Gasteiger partial charge >= 0.3 is 0 Å². The van der Waals surface area contributed by atoms with Crippen LogP contribution in [-0.2, 0) is 17.8 Å². The van der Waals surface area contributed by atoms with Crippen LogP contribution < -0.4 is 5.56 Å². The van der Waals surface area contributed by atoms with Gasteiger partial charge in [-0.1, -0.05) is 31.2 Å². The van der Waals surface area contributed by atoms with E-state index in [0.717, 1.165) is 43.6 Å². The topological polar surface area (TPSA) is 72.5 Å². The van der Waals surface area contributed by atoms with Gasteiger partial charge in [-0.25, -0.2) is 9.20 Å². The van der Waals surface area contributed by atoms with E-state index in [1.165, 1.54) is 21.1 Å². The number of fused-ring (bicyclic) bond motifs is 1. The highest BCUT2D eigenvalue weighted by atomic mass is 16.2. The van der Waals surface area contributed by atoms with Crippen molar-refractivity contribution in [1.82, 2.24) is 24.3 Å². The molecule has 7 heteroatoms. The minimum absolute atomic E-state index is 0.0267. The molecule has 1 fully saturated rings. The van der Waals surface area contributed by atoms with Crippen LogP contribution in [0.5, 0.6) is 0 Å². The number of aromatic nitrogens is 4. The minimum atomic E-state index is -0.302. The fourth-order valence-electron chi connectivity index (χ4n) is 3.30. The summed E-state index contributed by atoms with van der Waals surface area (Å²) >= 11 is 0. The molecule has 2 aromatic heterocycles. The van der Waals surface area contributed by atoms with Crippen molar-refractivity contribution in [1.29, 1.82) is 0 Å². The van der Waals surface area contributed by atoms with E-state index in [4.69, 9.17) is 0 Å². The van der Waals surface area contributed by atoms with Gasteiger partial charge in [0.15, 0.2) is 0 Å². The number of hydrogen-bond acceptors (Lipinski definition) is 4. The number of rotatable bonds is 4. The molecule has 4 rings (SSSR count). The lowest BCUT2D eigenvalue weighted by Crippen LogP contribution is -2.36. The fourth-order valence-corrected chi connectivity index (χ4v) is 3.30. The van der Waals surface area contributed by atoms with Gasteiger partial charge in [0.05, 0.1) is 5.69 Å². The molecule has 0 saturated carbocycles. The number of hydrogen-bond donors (Lipinski definition) is 0. The first-order valence-corrected chi connectivity index (χ1v) is 8.98. The average Bonchev–Trinajstić information content (AvgIpc) is 3.34. The van der Waals surface area contributed by atoms with Crippen LogP contribution >= 0.6 is 0 Å². The molecule has 3 heterocycles. The summed E-state index contributed by atoms with van der Waals surface area (Å²) < 4.78 is 2.70. The van der Waals surface area contributed by atoms with Crippen molar-refractivity contribution in [3.8, 4) is 11.3 Å². The fraction of sp³-hybridized carbons (Fsp3) is 0.368. The second-order valence-corrected chi connectivity index (χ2v) is 6.59. The van der Waals surface area contributed by atoms with Crippen molar-refractivity contribution in [2.75, 3.05) is 13.1 Å². The maximum Gasteiger partial charge on any atom is 0.293 e. The third kappa shape index (κ3) is 3.00. The second kappa shape index (κ2) is 6.74. The number of nitrogens with zero attached hydrogens (tertiary/aromatic N) is 5. The first-order chi connectivity index (χ1) is 12.7. The summed E-state index contributed by atoms with van der Waals surface area (Å²) in [5.74, 6) is -0.0589. The molecule has 0 spiro atoms. The van der Waals surface area contributed by atoms with Gasteiger partial charge in [0.1, 0.15) is 18.4 Å². The summed E-state index contributed by atoms with van der Waals surface area (Å²) in [6, 6.07) is 9.88. The summed E-state index contributed by atoms with van der Waals surface area (Å²) in [7, 11) is 0. The first-order valence-electron chi connectivity index (χ1n) is 8.98. The van der Waals surface area contributed by atoms with Crippen LogP contribution in [0.3, 0.4) is 0 Å². The van der Waals surface area contributed by atoms with Crippen molar-refractivity contribution >= 4 is 11.4 Å². The highest BCUT2D eigenvalue weighted by Crippen LogP contribution is 2.19. The van der Waals surface area contributed by atoms with Gasteiger partial charge in [0, 0.05) is 18.7 Å². The molecule has 0 atom stereocenters. The van der Waals surface area contributed by atoms with E-state index in [0.29, 0.717) is 5.52 Å². The Labute approximate surface area is 150 Å². The summed E-state index contributed by atoms with van der Waals surface area (Å²) in [6.45, 7) is 3.61. The maximum atomic E-state index is 12.7. The maximum absolute atomic E-state index is 12.7. The van der Waals surface area contributed by atoms with E-state index in [1.54, 1.807) is 11.0 Å². The number of carbonyl (C=O) groups is 1. The molecule has 0 aliphatic carbocycles. The van der Waals surface area contributed by atoms with Crippen LogP contribution in [0.15, 0.2) is 41.5 Å². The number of amides is 1. The highest BCUT2D eigenvalue weighted by molar-refractivity contribution is 5.76. The van der Waals surface area contributed by atoms with Crippen LogP contribution in [0, 0.1) is 0 Å². The van der Waals surface area contributed by atoms with Crippen molar-refractivity contribution in [2.45, 2.75) is 32.7 Å². The number of likely N-dealkylation sites (tertiary alicyclic amines) is 1. The zero-order valence-electron chi connectivity index (χ0n) is 14.8. The Morgan fingerprint density at radius 1 is 1.15 bits per heavy atom. The largest absolute Gasteiger partial charge is 0.341 e. The zero-order chi connectivity index (χ0) is 18.1.